The van der Waals surface area contributed by atoms with Crippen LogP contribution in [-0.2, 0) is 0 Å². The highest BCUT2D eigenvalue weighted by Crippen LogP contribution is 2.23. The summed E-state index contributed by atoms with van der Waals surface area (Å²) in [6, 6.07) is 0.235. The van der Waals surface area contributed by atoms with E-state index < -0.39 is 0 Å². The summed E-state index contributed by atoms with van der Waals surface area (Å²) in [6.07, 6.45) is 0.863. The lowest BCUT2D eigenvalue weighted by molar-refractivity contribution is 0.288. The molecule has 0 fully saturated rings. The van der Waals surface area contributed by atoms with E-state index >= 15 is 0 Å². The summed E-state index contributed by atoms with van der Waals surface area (Å²) in [5, 5.41) is 9.23. The molecule has 2 atom stereocenters. The Kier molecular flexibility index (Phi) is 6.01. The average molecular weight is 205 g/mol. The summed E-state index contributed by atoms with van der Waals surface area (Å²) in [5.41, 5.74) is 6.20. The molecule has 0 amide bonds. The molecule has 0 rings (SSSR count). The zero-order valence-corrected chi connectivity index (χ0v) is 10.0. The summed E-state index contributed by atoms with van der Waals surface area (Å²) in [6.45, 7) is 8.90. The molecule has 2 unspecified atom stereocenters. The number of hydrogen-bond donors (Lipinski definition) is 2. The Labute approximate surface area is 86.3 Å². The van der Waals surface area contributed by atoms with Crippen molar-refractivity contribution in [2.24, 2.45) is 11.1 Å². The molecular weight excluding hydrogens is 182 g/mol. The summed E-state index contributed by atoms with van der Waals surface area (Å²) in [5.74, 6) is 0.977. The highest BCUT2D eigenvalue weighted by Gasteiger charge is 2.20. The molecule has 0 aromatic rings. The third-order valence-corrected chi connectivity index (χ3v) is 3.56. The van der Waals surface area contributed by atoms with Gasteiger partial charge in [0.05, 0.1) is 0 Å². The fourth-order valence-electron chi connectivity index (χ4n) is 0.783. The van der Waals surface area contributed by atoms with Crippen molar-refractivity contribution in [3.05, 3.63) is 0 Å². The predicted octanol–water partition coefficient (Wildman–Crippen LogP) is 1.86. The quantitative estimate of drug-likeness (QED) is 0.720. The van der Waals surface area contributed by atoms with Crippen molar-refractivity contribution < 1.29 is 5.11 Å². The highest BCUT2D eigenvalue weighted by molar-refractivity contribution is 7.99. The van der Waals surface area contributed by atoms with Gasteiger partial charge in [-0.15, -0.1) is 0 Å². The van der Waals surface area contributed by atoms with Crippen molar-refractivity contribution in [2.45, 2.75) is 45.4 Å². The second-order valence-corrected chi connectivity index (χ2v) is 6.10. The van der Waals surface area contributed by atoms with Crippen molar-refractivity contribution in [3.63, 3.8) is 0 Å². The SMILES string of the molecule is CC(CCO)SCC(N)C(C)(C)C. The topological polar surface area (TPSA) is 46.2 Å². The first-order valence-corrected chi connectivity index (χ1v) is 5.91. The molecule has 0 spiro atoms. The van der Waals surface area contributed by atoms with Crippen LogP contribution in [-0.4, -0.2) is 28.8 Å². The van der Waals surface area contributed by atoms with Crippen LogP contribution in [0.3, 0.4) is 0 Å². The molecule has 3 heteroatoms. The van der Waals surface area contributed by atoms with E-state index in [0.29, 0.717) is 5.25 Å². The minimum Gasteiger partial charge on any atom is -0.396 e. The maximum absolute atomic E-state index is 8.72. The van der Waals surface area contributed by atoms with Crippen molar-refractivity contribution >= 4 is 11.8 Å². The van der Waals surface area contributed by atoms with Gasteiger partial charge >= 0.3 is 0 Å². The average Bonchev–Trinajstić information content (AvgIpc) is 1.99. The van der Waals surface area contributed by atoms with Gasteiger partial charge in [0.1, 0.15) is 0 Å². The van der Waals surface area contributed by atoms with Gasteiger partial charge in [0, 0.05) is 23.7 Å². The predicted molar refractivity (Wildman–Crippen MR) is 61.1 cm³/mol. The Hall–Kier alpha value is 0.270. The molecule has 0 aliphatic heterocycles. The zero-order chi connectivity index (χ0) is 10.5. The van der Waals surface area contributed by atoms with E-state index in [4.69, 9.17) is 10.8 Å². The van der Waals surface area contributed by atoms with Gasteiger partial charge in [-0.05, 0) is 11.8 Å². The molecule has 0 aliphatic rings. The van der Waals surface area contributed by atoms with Gasteiger partial charge in [0.25, 0.3) is 0 Å². The Morgan fingerprint density at radius 2 is 1.92 bits per heavy atom. The van der Waals surface area contributed by atoms with Gasteiger partial charge in [-0.2, -0.15) is 11.8 Å². The molecule has 0 aliphatic carbocycles. The maximum atomic E-state index is 8.72. The van der Waals surface area contributed by atoms with E-state index in [9.17, 15) is 0 Å². The molecule has 2 nitrogen and oxygen atoms in total. The van der Waals surface area contributed by atoms with Gasteiger partial charge in [-0.3, -0.25) is 0 Å². The van der Waals surface area contributed by atoms with Crippen molar-refractivity contribution in [1.29, 1.82) is 0 Å². The third-order valence-electron chi connectivity index (χ3n) is 2.21. The fraction of sp³-hybridized carbons (Fsp3) is 1.00. The first-order valence-electron chi connectivity index (χ1n) is 4.86. The first-order chi connectivity index (χ1) is 5.88. The van der Waals surface area contributed by atoms with E-state index in [1.165, 1.54) is 0 Å². The van der Waals surface area contributed by atoms with Crippen LogP contribution < -0.4 is 5.73 Å². The molecule has 0 radical (unpaired) electrons. The monoisotopic (exact) mass is 205 g/mol. The van der Waals surface area contributed by atoms with E-state index in [1.54, 1.807) is 0 Å². The molecule has 0 aromatic heterocycles. The van der Waals surface area contributed by atoms with Crippen LogP contribution >= 0.6 is 11.8 Å². The smallest absolute Gasteiger partial charge is 0.0441 e. The van der Waals surface area contributed by atoms with Crippen LogP contribution in [0.25, 0.3) is 0 Å². The Morgan fingerprint density at radius 1 is 1.38 bits per heavy atom. The largest absolute Gasteiger partial charge is 0.396 e. The van der Waals surface area contributed by atoms with Gasteiger partial charge in [-0.1, -0.05) is 27.7 Å². The normalized spacial score (nSPS) is 17.1. The van der Waals surface area contributed by atoms with Crippen LogP contribution in [0.5, 0.6) is 0 Å². The minimum atomic E-state index is 0.186. The van der Waals surface area contributed by atoms with Gasteiger partial charge in [-0.25, -0.2) is 0 Å². The number of nitrogens with two attached hydrogens (primary N) is 1. The fourth-order valence-corrected chi connectivity index (χ4v) is 2.09. The molecule has 0 bridgehead atoms. The Bertz CT molecular complexity index is 133. The minimum absolute atomic E-state index is 0.186. The van der Waals surface area contributed by atoms with Gasteiger partial charge in [0.2, 0.25) is 0 Å². The van der Waals surface area contributed by atoms with Crippen LogP contribution in [0.4, 0.5) is 0 Å². The molecule has 0 aromatic carbocycles. The van der Waals surface area contributed by atoms with Crippen molar-refractivity contribution in [2.75, 3.05) is 12.4 Å². The van der Waals surface area contributed by atoms with Crippen LogP contribution in [0.15, 0.2) is 0 Å². The molecule has 3 N–H and O–H groups in total. The molecule has 0 saturated heterocycles. The van der Waals surface area contributed by atoms with Crippen LogP contribution in [0.1, 0.15) is 34.1 Å². The van der Waals surface area contributed by atoms with E-state index in [1.807, 2.05) is 11.8 Å². The van der Waals surface area contributed by atoms with E-state index in [-0.39, 0.29) is 18.1 Å². The third kappa shape index (κ3) is 6.36. The van der Waals surface area contributed by atoms with E-state index in [2.05, 4.69) is 27.7 Å². The summed E-state index contributed by atoms with van der Waals surface area (Å²) in [4.78, 5) is 0. The van der Waals surface area contributed by atoms with Crippen LogP contribution in [0.2, 0.25) is 0 Å². The number of rotatable bonds is 5. The number of aliphatic hydroxyl groups is 1. The lowest BCUT2D eigenvalue weighted by Gasteiger charge is -2.27. The second kappa shape index (κ2) is 5.89. The summed E-state index contributed by atoms with van der Waals surface area (Å²) in [7, 11) is 0. The van der Waals surface area contributed by atoms with Crippen molar-refractivity contribution in [3.8, 4) is 0 Å². The highest BCUT2D eigenvalue weighted by atomic mass is 32.2. The molecule has 13 heavy (non-hydrogen) atoms. The van der Waals surface area contributed by atoms with E-state index in [0.717, 1.165) is 12.2 Å². The standard InChI is InChI=1S/C10H23NOS/c1-8(5-6-12)13-7-9(11)10(2,3)4/h8-9,12H,5-7,11H2,1-4H3. The number of aliphatic hydroxyl groups excluding tert-OH is 1. The Balaban J connectivity index is 3.63. The molecule has 0 saturated carbocycles. The van der Waals surface area contributed by atoms with Gasteiger partial charge < -0.3 is 10.8 Å². The second-order valence-electron chi connectivity index (χ2n) is 4.63. The lowest BCUT2D eigenvalue weighted by Crippen LogP contribution is -2.37. The molecular formula is C10H23NOS. The number of thioether (sulfide) groups is 1. The summed E-state index contributed by atoms with van der Waals surface area (Å²) >= 11 is 1.85. The first kappa shape index (κ1) is 13.3. The Morgan fingerprint density at radius 3 is 2.31 bits per heavy atom. The van der Waals surface area contributed by atoms with Crippen LogP contribution in [0, 0.1) is 5.41 Å². The maximum Gasteiger partial charge on any atom is 0.0441 e. The zero-order valence-electron chi connectivity index (χ0n) is 9.21. The summed E-state index contributed by atoms with van der Waals surface area (Å²) < 4.78 is 0. The van der Waals surface area contributed by atoms with Gasteiger partial charge in [0.15, 0.2) is 0 Å². The number of hydrogen-bond acceptors (Lipinski definition) is 3. The molecule has 80 valence electrons. The molecule has 0 heterocycles. The van der Waals surface area contributed by atoms with Crippen molar-refractivity contribution in [1.82, 2.24) is 0 Å². The lowest BCUT2D eigenvalue weighted by atomic mass is 9.89.